The smallest absolute Gasteiger partial charge is 0.431 e. The topological polar surface area (TPSA) is 94.2 Å². The van der Waals surface area contributed by atoms with Gasteiger partial charge in [-0.05, 0) is 57.6 Å². The van der Waals surface area contributed by atoms with E-state index in [1.807, 2.05) is 39.0 Å². The Morgan fingerprint density at radius 2 is 1.85 bits per heavy atom. The van der Waals surface area contributed by atoms with Gasteiger partial charge in [0.1, 0.15) is 16.9 Å². The van der Waals surface area contributed by atoms with Gasteiger partial charge in [0, 0.05) is 19.3 Å². The molecule has 1 amide bonds. The van der Waals surface area contributed by atoms with E-state index in [0.717, 1.165) is 30.2 Å². The molecule has 1 saturated heterocycles. The number of aliphatic imine (C=N–C) groups is 1. The number of hydrogen-bond acceptors (Lipinski definition) is 6. The van der Waals surface area contributed by atoms with Gasteiger partial charge in [-0.3, -0.25) is 4.99 Å². The zero-order valence-corrected chi connectivity index (χ0v) is 19.9. The number of carbonyl (C=O) groups is 2. The Balaban J connectivity index is 2.05. The van der Waals surface area contributed by atoms with Crippen molar-refractivity contribution in [3.05, 3.63) is 46.7 Å². The van der Waals surface area contributed by atoms with Crippen LogP contribution in [0.15, 0.2) is 40.5 Å². The second kappa shape index (κ2) is 11.4. The van der Waals surface area contributed by atoms with Gasteiger partial charge in [0.15, 0.2) is 0 Å². The first kappa shape index (κ1) is 27.2. The van der Waals surface area contributed by atoms with E-state index >= 15 is 0 Å². The van der Waals surface area contributed by atoms with Crippen LogP contribution in [0.5, 0.6) is 0 Å². The van der Waals surface area contributed by atoms with Crippen LogP contribution < -0.4 is 5.73 Å². The van der Waals surface area contributed by atoms with Gasteiger partial charge in [-0.25, -0.2) is 9.59 Å². The van der Waals surface area contributed by atoms with Crippen molar-refractivity contribution >= 4 is 18.3 Å². The zero-order valence-electron chi connectivity index (χ0n) is 19.9. The van der Waals surface area contributed by atoms with Crippen molar-refractivity contribution in [1.82, 2.24) is 4.90 Å². The SMILES string of the molecule is CCOC(=O)C(C=NCc1cccc(C2CCN(C(=O)OC(C)(C)C)CC2)c1)=C(N)C(F)(F)F. The summed E-state index contributed by atoms with van der Waals surface area (Å²) in [5, 5.41) is 0. The highest BCUT2D eigenvalue weighted by atomic mass is 19.4. The van der Waals surface area contributed by atoms with Crippen LogP contribution in [-0.2, 0) is 20.8 Å². The normalized spacial score (nSPS) is 16.4. The number of piperidine rings is 1. The van der Waals surface area contributed by atoms with Gasteiger partial charge in [0.2, 0.25) is 0 Å². The molecule has 2 N–H and O–H groups in total. The van der Waals surface area contributed by atoms with E-state index < -0.39 is 29.0 Å². The van der Waals surface area contributed by atoms with Gasteiger partial charge in [0.05, 0.1) is 13.2 Å². The Hall–Kier alpha value is -3.04. The molecule has 0 atom stereocenters. The molecular weight excluding hydrogens is 451 g/mol. The molecule has 10 heteroatoms. The summed E-state index contributed by atoms with van der Waals surface area (Å²) >= 11 is 0. The predicted octanol–water partition coefficient (Wildman–Crippen LogP) is 4.71. The maximum Gasteiger partial charge on any atom is 0.431 e. The average molecular weight is 484 g/mol. The van der Waals surface area contributed by atoms with Gasteiger partial charge in [-0.1, -0.05) is 24.3 Å². The summed E-state index contributed by atoms with van der Waals surface area (Å²) in [7, 11) is 0. The monoisotopic (exact) mass is 483 g/mol. The molecule has 0 radical (unpaired) electrons. The van der Waals surface area contributed by atoms with E-state index in [-0.39, 0.29) is 25.2 Å². The molecular formula is C24H32F3N3O4. The lowest BCUT2D eigenvalue weighted by Gasteiger charge is -2.33. The number of nitrogens with two attached hydrogens (primary N) is 1. The van der Waals surface area contributed by atoms with Crippen LogP contribution >= 0.6 is 0 Å². The molecule has 2 rings (SSSR count). The Kier molecular flexibility index (Phi) is 9.12. The summed E-state index contributed by atoms with van der Waals surface area (Å²) in [6, 6.07) is 7.57. The van der Waals surface area contributed by atoms with Crippen molar-refractivity contribution in [3.63, 3.8) is 0 Å². The average Bonchev–Trinajstić information content (AvgIpc) is 2.75. The number of alkyl halides is 3. The third-order valence-corrected chi connectivity index (χ3v) is 5.15. The highest BCUT2D eigenvalue weighted by Gasteiger charge is 2.36. The van der Waals surface area contributed by atoms with Crippen molar-refractivity contribution in [2.24, 2.45) is 10.7 Å². The fourth-order valence-corrected chi connectivity index (χ4v) is 3.50. The van der Waals surface area contributed by atoms with Gasteiger partial charge in [0.25, 0.3) is 0 Å². The van der Waals surface area contributed by atoms with Gasteiger partial charge >= 0.3 is 18.2 Å². The molecule has 0 unspecified atom stereocenters. The number of ether oxygens (including phenoxy) is 2. The lowest BCUT2D eigenvalue weighted by atomic mass is 9.89. The number of benzene rings is 1. The van der Waals surface area contributed by atoms with Crippen LogP contribution in [0, 0.1) is 0 Å². The van der Waals surface area contributed by atoms with Gasteiger partial charge < -0.3 is 20.1 Å². The first-order valence-electron chi connectivity index (χ1n) is 11.1. The van der Waals surface area contributed by atoms with Gasteiger partial charge in [-0.2, -0.15) is 13.2 Å². The minimum atomic E-state index is -4.87. The fourth-order valence-electron chi connectivity index (χ4n) is 3.50. The first-order chi connectivity index (χ1) is 15.8. The molecule has 1 aliphatic rings. The molecule has 0 spiro atoms. The summed E-state index contributed by atoms with van der Waals surface area (Å²) in [6.07, 6.45) is -2.85. The zero-order chi connectivity index (χ0) is 25.5. The number of hydrogen-bond donors (Lipinski definition) is 1. The van der Waals surface area contributed by atoms with Crippen LogP contribution in [0.2, 0.25) is 0 Å². The Morgan fingerprint density at radius 1 is 1.21 bits per heavy atom. The number of halogens is 3. The number of allylic oxidation sites excluding steroid dienone is 1. The Morgan fingerprint density at radius 3 is 2.41 bits per heavy atom. The van der Waals surface area contributed by atoms with Crippen LogP contribution in [0.3, 0.4) is 0 Å². The third kappa shape index (κ3) is 8.07. The van der Waals surface area contributed by atoms with Crippen molar-refractivity contribution in [3.8, 4) is 0 Å². The van der Waals surface area contributed by atoms with Crippen LogP contribution in [0.4, 0.5) is 18.0 Å². The molecule has 1 heterocycles. The van der Waals surface area contributed by atoms with Crippen molar-refractivity contribution in [2.45, 2.75) is 64.8 Å². The largest absolute Gasteiger partial charge is 0.462 e. The van der Waals surface area contributed by atoms with E-state index in [1.165, 1.54) is 6.92 Å². The Bertz CT molecular complexity index is 928. The third-order valence-electron chi connectivity index (χ3n) is 5.15. The minimum absolute atomic E-state index is 0.0681. The lowest BCUT2D eigenvalue weighted by molar-refractivity contribution is -0.139. The summed E-state index contributed by atoms with van der Waals surface area (Å²) in [4.78, 5) is 29.9. The second-order valence-electron chi connectivity index (χ2n) is 9.00. The Labute approximate surface area is 197 Å². The number of likely N-dealkylation sites (tertiary alicyclic amines) is 1. The van der Waals surface area contributed by atoms with E-state index in [1.54, 1.807) is 11.0 Å². The maximum absolute atomic E-state index is 13.0. The van der Waals surface area contributed by atoms with Crippen LogP contribution in [0.25, 0.3) is 0 Å². The van der Waals surface area contributed by atoms with E-state index in [4.69, 9.17) is 10.5 Å². The first-order valence-corrected chi connectivity index (χ1v) is 11.1. The molecule has 0 aromatic heterocycles. The van der Waals surface area contributed by atoms with Crippen LogP contribution in [0.1, 0.15) is 57.6 Å². The standard InChI is InChI=1S/C24H32F3N3O4/c1-5-33-21(31)19(20(28)24(25,26)27)15-29-14-16-7-6-8-18(13-16)17-9-11-30(12-10-17)22(32)34-23(2,3)4/h6-8,13,15,17H,5,9-12,14,28H2,1-4H3. The number of carbonyl (C=O) groups excluding carboxylic acids is 2. The molecule has 0 bridgehead atoms. The molecule has 1 aromatic rings. The number of amides is 1. The number of nitrogens with zero attached hydrogens (tertiary/aromatic N) is 2. The molecule has 188 valence electrons. The lowest BCUT2D eigenvalue weighted by Crippen LogP contribution is -2.41. The van der Waals surface area contributed by atoms with E-state index in [0.29, 0.717) is 13.1 Å². The van der Waals surface area contributed by atoms with Crippen molar-refractivity contribution in [2.75, 3.05) is 19.7 Å². The van der Waals surface area contributed by atoms with E-state index in [9.17, 15) is 22.8 Å². The maximum atomic E-state index is 13.0. The molecule has 34 heavy (non-hydrogen) atoms. The fraction of sp³-hybridized carbons (Fsp3) is 0.542. The molecule has 0 saturated carbocycles. The molecule has 7 nitrogen and oxygen atoms in total. The number of rotatable bonds is 6. The summed E-state index contributed by atoms with van der Waals surface area (Å²) in [5.41, 5.74) is 4.05. The predicted molar refractivity (Wildman–Crippen MR) is 122 cm³/mol. The molecule has 0 aliphatic carbocycles. The molecule has 1 fully saturated rings. The van der Waals surface area contributed by atoms with Crippen LogP contribution in [-0.4, -0.2) is 54.7 Å². The minimum Gasteiger partial charge on any atom is -0.462 e. The summed E-state index contributed by atoms with van der Waals surface area (Å²) in [5.74, 6) is -0.940. The summed E-state index contributed by atoms with van der Waals surface area (Å²) < 4.78 is 49.0. The van der Waals surface area contributed by atoms with Crippen molar-refractivity contribution in [1.29, 1.82) is 0 Å². The molecule has 1 aromatic carbocycles. The quantitative estimate of drug-likeness (QED) is 0.359. The van der Waals surface area contributed by atoms with Gasteiger partial charge in [-0.15, -0.1) is 0 Å². The highest BCUT2D eigenvalue weighted by molar-refractivity contribution is 6.10. The number of esters is 1. The summed E-state index contributed by atoms with van der Waals surface area (Å²) in [6.45, 7) is 8.10. The second-order valence-corrected chi connectivity index (χ2v) is 9.00. The van der Waals surface area contributed by atoms with E-state index in [2.05, 4.69) is 9.73 Å². The van der Waals surface area contributed by atoms with Crippen molar-refractivity contribution < 1.29 is 32.2 Å². The highest BCUT2D eigenvalue weighted by Crippen LogP contribution is 2.29. The molecule has 1 aliphatic heterocycles.